The summed E-state index contributed by atoms with van der Waals surface area (Å²) in [6.45, 7) is 20.6. The van der Waals surface area contributed by atoms with Gasteiger partial charge in [0.1, 0.15) is 5.75 Å². The van der Waals surface area contributed by atoms with Crippen molar-refractivity contribution in [2.24, 2.45) is 0 Å². The Balaban J connectivity index is 1.49. The minimum Gasteiger partial charge on any atom is -0.493 e. The fraction of sp³-hybridized carbons (Fsp3) is 0.517. The first kappa shape index (κ1) is 24.2. The summed E-state index contributed by atoms with van der Waals surface area (Å²) >= 11 is 0. The van der Waals surface area contributed by atoms with Gasteiger partial charge in [0.25, 0.3) is 0 Å². The lowest BCUT2D eigenvalue weighted by Gasteiger charge is -2.25. The van der Waals surface area contributed by atoms with Gasteiger partial charge in [-0.3, -0.25) is 0 Å². The molecule has 1 aliphatic heterocycles. The predicted octanol–water partition coefficient (Wildman–Crippen LogP) is 7.19. The minimum absolute atomic E-state index is 0.167. The molecular formula is C29H42N2O. The van der Waals surface area contributed by atoms with Crippen LogP contribution in [0.4, 0.5) is 5.69 Å². The molecule has 3 heteroatoms. The van der Waals surface area contributed by atoms with Crippen molar-refractivity contribution in [2.75, 3.05) is 24.7 Å². The molecule has 0 unspecified atom stereocenters. The highest BCUT2D eigenvalue weighted by molar-refractivity contribution is 5.62. The van der Waals surface area contributed by atoms with E-state index < -0.39 is 0 Å². The number of nitrogens with zero attached hydrogens (tertiary/aromatic N) is 2. The molecule has 0 saturated carbocycles. The highest BCUT2D eigenvalue weighted by atomic mass is 16.5. The molecule has 0 bridgehead atoms. The molecule has 2 aromatic rings. The molecule has 0 aromatic heterocycles. The molecule has 0 spiro atoms. The summed E-state index contributed by atoms with van der Waals surface area (Å²) < 4.78 is 6.28. The van der Waals surface area contributed by atoms with Gasteiger partial charge >= 0.3 is 0 Å². The smallest absolute Gasteiger partial charge is 0.125 e. The topological polar surface area (TPSA) is 15.7 Å². The first-order valence-electron chi connectivity index (χ1n) is 12.1. The lowest BCUT2D eigenvalue weighted by molar-refractivity contribution is 0.289. The van der Waals surface area contributed by atoms with Crippen molar-refractivity contribution >= 4 is 5.69 Å². The molecule has 0 atom stereocenters. The van der Waals surface area contributed by atoms with Crippen LogP contribution < -0.4 is 9.64 Å². The Morgan fingerprint density at radius 1 is 0.875 bits per heavy atom. The normalized spacial score (nSPS) is 13.9. The van der Waals surface area contributed by atoms with Crippen molar-refractivity contribution in [3.63, 3.8) is 0 Å². The Hall–Kier alpha value is -2.42. The largest absolute Gasteiger partial charge is 0.493 e. The second kappa shape index (κ2) is 10.0. The second-order valence-corrected chi connectivity index (χ2v) is 10.4. The quantitative estimate of drug-likeness (QED) is 0.409. The zero-order valence-electron chi connectivity index (χ0n) is 21.5. The van der Waals surface area contributed by atoms with Gasteiger partial charge in [-0.05, 0) is 80.2 Å². The van der Waals surface area contributed by atoms with Gasteiger partial charge in [0.15, 0.2) is 0 Å². The minimum atomic E-state index is 0.167. The zero-order valence-corrected chi connectivity index (χ0v) is 21.5. The van der Waals surface area contributed by atoms with Crippen LogP contribution in [0.2, 0.25) is 0 Å². The molecule has 3 nitrogen and oxygen atoms in total. The summed E-state index contributed by atoms with van der Waals surface area (Å²) in [5.41, 5.74) is 9.53. The van der Waals surface area contributed by atoms with Crippen LogP contribution in [-0.4, -0.2) is 24.7 Å². The van der Waals surface area contributed by atoms with Gasteiger partial charge in [0.2, 0.25) is 0 Å². The van der Waals surface area contributed by atoms with Gasteiger partial charge < -0.3 is 14.5 Å². The van der Waals surface area contributed by atoms with Crippen molar-refractivity contribution in [1.82, 2.24) is 4.90 Å². The number of hydrogen-bond donors (Lipinski definition) is 0. The summed E-state index contributed by atoms with van der Waals surface area (Å²) in [6, 6.07) is 9.18. The van der Waals surface area contributed by atoms with Crippen LogP contribution in [0.25, 0.3) is 0 Å². The summed E-state index contributed by atoms with van der Waals surface area (Å²) in [5.74, 6) is 1.10. The van der Waals surface area contributed by atoms with E-state index in [1.807, 2.05) is 0 Å². The average molecular weight is 435 g/mol. The van der Waals surface area contributed by atoms with Gasteiger partial charge in [-0.25, -0.2) is 0 Å². The number of unbranched alkanes of at least 4 members (excludes halogenated alkanes) is 1. The maximum atomic E-state index is 6.28. The first-order valence-corrected chi connectivity index (χ1v) is 12.1. The molecule has 1 aliphatic rings. The van der Waals surface area contributed by atoms with Gasteiger partial charge in [-0.2, -0.15) is 0 Å². The van der Waals surface area contributed by atoms with E-state index in [4.69, 9.17) is 4.74 Å². The molecule has 0 amide bonds. The Kier molecular flexibility index (Phi) is 7.59. The standard InChI is InChI=1S/C29H42N2O/c1-9-25-19-26(29(6,7)8)18-24(5)28(25)32-15-11-10-12-30-13-14-31(20-30)27-22(3)16-21(2)17-23(27)4/h13-14,16-19H,9-12,15,20H2,1-8H3. The monoisotopic (exact) mass is 434 g/mol. The third-order valence-corrected chi connectivity index (χ3v) is 6.40. The van der Waals surface area contributed by atoms with Gasteiger partial charge in [0, 0.05) is 24.6 Å². The van der Waals surface area contributed by atoms with E-state index in [1.54, 1.807) is 0 Å². The number of ether oxygens (including phenoxy) is 1. The van der Waals surface area contributed by atoms with Crippen LogP contribution in [0.5, 0.6) is 5.75 Å². The molecule has 32 heavy (non-hydrogen) atoms. The van der Waals surface area contributed by atoms with E-state index in [0.717, 1.165) is 44.8 Å². The highest BCUT2D eigenvalue weighted by Crippen LogP contribution is 2.32. The fourth-order valence-electron chi connectivity index (χ4n) is 4.72. The van der Waals surface area contributed by atoms with Crippen LogP contribution in [0.3, 0.4) is 0 Å². The second-order valence-electron chi connectivity index (χ2n) is 10.4. The molecule has 2 aromatic carbocycles. The molecule has 0 N–H and O–H groups in total. The van der Waals surface area contributed by atoms with E-state index >= 15 is 0 Å². The number of anilines is 1. The molecule has 3 rings (SSSR count). The van der Waals surface area contributed by atoms with E-state index in [0.29, 0.717) is 0 Å². The van der Waals surface area contributed by atoms with Crippen LogP contribution in [0.1, 0.15) is 73.9 Å². The van der Waals surface area contributed by atoms with Gasteiger partial charge in [-0.15, -0.1) is 0 Å². The van der Waals surface area contributed by atoms with Gasteiger partial charge in [-0.1, -0.05) is 57.5 Å². The number of rotatable bonds is 8. The average Bonchev–Trinajstić information content (AvgIpc) is 3.15. The zero-order chi connectivity index (χ0) is 23.5. The molecule has 1 heterocycles. The SMILES string of the molecule is CCc1cc(C(C)(C)C)cc(C)c1OCCCCN1C=CN(c2c(C)cc(C)cc2C)C1. The van der Waals surface area contributed by atoms with E-state index in [-0.39, 0.29) is 5.41 Å². The lowest BCUT2D eigenvalue weighted by atomic mass is 9.84. The van der Waals surface area contributed by atoms with Crippen molar-refractivity contribution in [3.05, 3.63) is 70.0 Å². The maximum Gasteiger partial charge on any atom is 0.125 e. The molecule has 0 radical (unpaired) electrons. The van der Waals surface area contributed by atoms with Crippen molar-refractivity contribution < 1.29 is 4.74 Å². The van der Waals surface area contributed by atoms with E-state index in [1.165, 1.54) is 39.1 Å². The van der Waals surface area contributed by atoms with Gasteiger partial charge in [0.05, 0.1) is 13.3 Å². The van der Waals surface area contributed by atoms with Crippen molar-refractivity contribution in [1.29, 1.82) is 0 Å². The van der Waals surface area contributed by atoms with Crippen LogP contribution in [0.15, 0.2) is 36.7 Å². The summed E-state index contributed by atoms with van der Waals surface area (Å²) in [4.78, 5) is 4.77. The predicted molar refractivity (Wildman–Crippen MR) is 138 cm³/mol. The van der Waals surface area contributed by atoms with E-state index in [9.17, 15) is 0 Å². The lowest BCUT2D eigenvalue weighted by Crippen LogP contribution is -2.27. The Labute approximate surface area is 196 Å². The first-order chi connectivity index (χ1) is 15.1. The summed E-state index contributed by atoms with van der Waals surface area (Å²) in [6.07, 6.45) is 7.65. The summed E-state index contributed by atoms with van der Waals surface area (Å²) in [5, 5.41) is 0. The maximum absolute atomic E-state index is 6.28. The molecule has 0 saturated heterocycles. The number of hydrogen-bond acceptors (Lipinski definition) is 3. The highest BCUT2D eigenvalue weighted by Gasteiger charge is 2.19. The van der Waals surface area contributed by atoms with Crippen LogP contribution in [0, 0.1) is 27.7 Å². The summed E-state index contributed by atoms with van der Waals surface area (Å²) in [7, 11) is 0. The van der Waals surface area contributed by atoms with E-state index in [2.05, 4.69) is 102 Å². The number of benzene rings is 2. The molecule has 174 valence electrons. The van der Waals surface area contributed by atoms with Crippen LogP contribution >= 0.6 is 0 Å². The Bertz CT molecular complexity index is 945. The van der Waals surface area contributed by atoms with Crippen LogP contribution in [-0.2, 0) is 11.8 Å². The third-order valence-electron chi connectivity index (χ3n) is 6.40. The fourth-order valence-corrected chi connectivity index (χ4v) is 4.72. The third kappa shape index (κ3) is 5.68. The molecule has 0 aliphatic carbocycles. The van der Waals surface area contributed by atoms with Crippen molar-refractivity contribution in [3.8, 4) is 5.75 Å². The molecule has 0 fully saturated rings. The number of aryl methyl sites for hydroxylation is 5. The molecular weight excluding hydrogens is 392 g/mol. The Morgan fingerprint density at radius 2 is 1.56 bits per heavy atom. The Morgan fingerprint density at radius 3 is 2.19 bits per heavy atom. The van der Waals surface area contributed by atoms with Crippen molar-refractivity contribution in [2.45, 2.75) is 80.1 Å².